The summed E-state index contributed by atoms with van der Waals surface area (Å²) in [6.07, 6.45) is 4.20. The second-order valence-corrected chi connectivity index (χ2v) is 5.93. The van der Waals surface area contributed by atoms with Crippen LogP contribution in [0.2, 0.25) is 0 Å². The Labute approximate surface area is 136 Å². The van der Waals surface area contributed by atoms with Gasteiger partial charge in [-0.05, 0) is 43.9 Å². The molecule has 2 aromatic rings. The fourth-order valence-electron chi connectivity index (χ4n) is 2.57. The molecule has 0 aliphatic heterocycles. The van der Waals surface area contributed by atoms with Gasteiger partial charge >= 0.3 is 0 Å². The number of nitrogens with one attached hydrogen (secondary N) is 1. The van der Waals surface area contributed by atoms with Crippen LogP contribution >= 0.6 is 0 Å². The monoisotopic (exact) mass is 313 g/mol. The Kier molecular flexibility index (Phi) is 5.08. The van der Waals surface area contributed by atoms with Crippen molar-refractivity contribution >= 4 is 5.91 Å². The number of carbonyl (C=O) groups excluding carboxylic acids is 1. The van der Waals surface area contributed by atoms with Gasteiger partial charge in [0.1, 0.15) is 5.69 Å². The zero-order valence-electron chi connectivity index (χ0n) is 13.5. The average molecular weight is 313 g/mol. The summed E-state index contributed by atoms with van der Waals surface area (Å²) < 4.78 is 6.78. The summed E-state index contributed by atoms with van der Waals surface area (Å²) in [7, 11) is 1.69. The summed E-state index contributed by atoms with van der Waals surface area (Å²) in [5.74, 6) is 0.457. The highest BCUT2D eigenvalue weighted by molar-refractivity contribution is 5.93. The molecule has 23 heavy (non-hydrogen) atoms. The van der Waals surface area contributed by atoms with Crippen LogP contribution in [0, 0.1) is 0 Å². The molecule has 1 heterocycles. The number of aromatic nitrogens is 2. The first-order chi connectivity index (χ1) is 11.3. The van der Waals surface area contributed by atoms with Gasteiger partial charge in [0.2, 0.25) is 0 Å². The van der Waals surface area contributed by atoms with Crippen LogP contribution in [0.5, 0.6) is 0 Å². The van der Waals surface area contributed by atoms with Crippen LogP contribution in [0.1, 0.15) is 47.8 Å². The summed E-state index contributed by atoms with van der Waals surface area (Å²) >= 11 is 0. The molecule has 1 aliphatic rings. The number of ether oxygens (including phenoxy) is 1. The molecule has 5 heteroatoms. The Morgan fingerprint density at radius 2 is 2.09 bits per heavy atom. The SMILES string of the molecule is COCCCCNC(=O)c1cc(C2CC2)nn1-c1ccccc1. The summed E-state index contributed by atoms with van der Waals surface area (Å²) in [4.78, 5) is 12.5. The molecule has 1 amide bonds. The molecule has 1 saturated carbocycles. The van der Waals surface area contributed by atoms with E-state index < -0.39 is 0 Å². The molecule has 0 radical (unpaired) electrons. The van der Waals surface area contributed by atoms with Crippen LogP contribution in [-0.4, -0.2) is 35.9 Å². The lowest BCUT2D eigenvalue weighted by Crippen LogP contribution is -2.27. The smallest absolute Gasteiger partial charge is 0.270 e. The minimum Gasteiger partial charge on any atom is -0.385 e. The Balaban J connectivity index is 1.73. The van der Waals surface area contributed by atoms with Crippen molar-refractivity contribution in [2.75, 3.05) is 20.3 Å². The molecule has 0 spiro atoms. The van der Waals surface area contributed by atoms with E-state index in [1.807, 2.05) is 36.4 Å². The number of nitrogens with zero attached hydrogens (tertiary/aromatic N) is 2. The van der Waals surface area contributed by atoms with Gasteiger partial charge in [-0.1, -0.05) is 18.2 Å². The number of hydrogen-bond acceptors (Lipinski definition) is 3. The van der Waals surface area contributed by atoms with Crippen LogP contribution in [-0.2, 0) is 4.74 Å². The third-order valence-electron chi connectivity index (χ3n) is 4.02. The summed E-state index contributed by atoms with van der Waals surface area (Å²) in [5, 5.41) is 7.64. The second-order valence-electron chi connectivity index (χ2n) is 5.93. The van der Waals surface area contributed by atoms with E-state index in [0.717, 1.165) is 30.8 Å². The van der Waals surface area contributed by atoms with Crippen molar-refractivity contribution in [3.63, 3.8) is 0 Å². The van der Waals surface area contributed by atoms with Crippen molar-refractivity contribution in [1.29, 1.82) is 0 Å². The van der Waals surface area contributed by atoms with Crippen LogP contribution in [0.15, 0.2) is 36.4 Å². The Morgan fingerprint density at radius 3 is 2.78 bits per heavy atom. The number of methoxy groups -OCH3 is 1. The van der Waals surface area contributed by atoms with Crippen molar-refractivity contribution in [3.8, 4) is 5.69 Å². The van der Waals surface area contributed by atoms with Gasteiger partial charge in [0.05, 0.1) is 11.4 Å². The zero-order valence-corrected chi connectivity index (χ0v) is 13.5. The number of rotatable bonds is 8. The van der Waals surface area contributed by atoms with E-state index in [1.54, 1.807) is 11.8 Å². The molecular formula is C18H23N3O2. The minimum atomic E-state index is -0.0642. The highest BCUT2D eigenvalue weighted by Gasteiger charge is 2.28. The lowest BCUT2D eigenvalue weighted by atomic mass is 10.2. The van der Waals surface area contributed by atoms with Gasteiger partial charge in [0.25, 0.3) is 5.91 Å². The largest absolute Gasteiger partial charge is 0.385 e. The topological polar surface area (TPSA) is 56.1 Å². The molecule has 1 aliphatic carbocycles. The number of amides is 1. The molecule has 0 bridgehead atoms. The van der Waals surface area contributed by atoms with Gasteiger partial charge in [-0.3, -0.25) is 4.79 Å². The molecular weight excluding hydrogens is 290 g/mol. The summed E-state index contributed by atoms with van der Waals surface area (Å²) in [6, 6.07) is 11.8. The van der Waals surface area contributed by atoms with Crippen molar-refractivity contribution in [1.82, 2.24) is 15.1 Å². The number of para-hydroxylation sites is 1. The molecule has 122 valence electrons. The molecule has 1 N–H and O–H groups in total. The molecule has 5 nitrogen and oxygen atoms in total. The van der Waals surface area contributed by atoms with Crippen LogP contribution in [0.25, 0.3) is 5.69 Å². The maximum Gasteiger partial charge on any atom is 0.270 e. The Morgan fingerprint density at radius 1 is 1.30 bits per heavy atom. The third-order valence-corrected chi connectivity index (χ3v) is 4.02. The van der Waals surface area contributed by atoms with Gasteiger partial charge in [-0.25, -0.2) is 4.68 Å². The van der Waals surface area contributed by atoms with Crippen LogP contribution < -0.4 is 5.32 Å². The quantitative estimate of drug-likeness (QED) is 0.762. The third kappa shape index (κ3) is 3.99. The molecule has 3 rings (SSSR count). The van der Waals surface area contributed by atoms with Crippen molar-refractivity contribution in [2.24, 2.45) is 0 Å². The number of benzene rings is 1. The van der Waals surface area contributed by atoms with E-state index in [4.69, 9.17) is 4.74 Å². The first kappa shape index (κ1) is 15.7. The maximum absolute atomic E-state index is 12.5. The summed E-state index contributed by atoms with van der Waals surface area (Å²) in [6.45, 7) is 1.38. The van der Waals surface area contributed by atoms with E-state index in [1.165, 1.54) is 12.8 Å². The predicted octanol–water partition coefficient (Wildman–Crippen LogP) is 2.91. The molecule has 0 unspecified atom stereocenters. The highest BCUT2D eigenvalue weighted by Crippen LogP contribution is 2.39. The van der Waals surface area contributed by atoms with Gasteiger partial charge < -0.3 is 10.1 Å². The van der Waals surface area contributed by atoms with Crippen LogP contribution in [0.4, 0.5) is 0 Å². The Bertz CT molecular complexity index is 648. The predicted molar refractivity (Wildman–Crippen MR) is 89.0 cm³/mol. The van der Waals surface area contributed by atoms with E-state index in [0.29, 0.717) is 18.2 Å². The second kappa shape index (κ2) is 7.42. The molecule has 1 fully saturated rings. The van der Waals surface area contributed by atoms with Crippen molar-refractivity contribution in [3.05, 3.63) is 47.8 Å². The fourth-order valence-corrected chi connectivity index (χ4v) is 2.57. The first-order valence-corrected chi connectivity index (χ1v) is 8.22. The number of carbonyl (C=O) groups is 1. The highest BCUT2D eigenvalue weighted by atomic mass is 16.5. The zero-order chi connectivity index (χ0) is 16.1. The van der Waals surface area contributed by atoms with E-state index in [9.17, 15) is 4.79 Å². The maximum atomic E-state index is 12.5. The molecule has 0 saturated heterocycles. The Hall–Kier alpha value is -2.14. The molecule has 1 aromatic heterocycles. The standard InChI is InChI=1S/C18H23N3O2/c1-23-12-6-5-11-19-18(22)17-13-16(14-9-10-14)20-21(17)15-7-3-2-4-8-15/h2-4,7-8,13-14H,5-6,9-12H2,1H3,(H,19,22). The molecule has 1 aromatic carbocycles. The lowest BCUT2D eigenvalue weighted by Gasteiger charge is -2.08. The van der Waals surface area contributed by atoms with Crippen LogP contribution in [0.3, 0.4) is 0 Å². The van der Waals surface area contributed by atoms with Gasteiger partial charge in [0.15, 0.2) is 0 Å². The van der Waals surface area contributed by atoms with E-state index in [2.05, 4.69) is 10.4 Å². The van der Waals surface area contributed by atoms with Gasteiger partial charge in [0, 0.05) is 26.2 Å². The summed E-state index contributed by atoms with van der Waals surface area (Å²) in [5.41, 5.74) is 2.56. The molecule has 0 atom stereocenters. The van der Waals surface area contributed by atoms with Gasteiger partial charge in [-0.2, -0.15) is 5.10 Å². The minimum absolute atomic E-state index is 0.0642. The van der Waals surface area contributed by atoms with E-state index >= 15 is 0 Å². The van der Waals surface area contributed by atoms with E-state index in [-0.39, 0.29) is 5.91 Å². The first-order valence-electron chi connectivity index (χ1n) is 8.22. The normalized spacial score (nSPS) is 14.0. The lowest BCUT2D eigenvalue weighted by molar-refractivity contribution is 0.0943. The van der Waals surface area contributed by atoms with Crippen molar-refractivity contribution < 1.29 is 9.53 Å². The fraction of sp³-hybridized carbons (Fsp3) is 0.444. The van der Waals surface area contributed by atoms with Crippen molar-refractivity contribution in [2.45, 2.75) is 31.6 Å². The average Bonchev–Trinajstić information content (AvgIpc) is 3.34. The number of unbranched alkanes of at least 4 members (excludes halogenated alkanes) is 1. The number of hydrogen-bond donors (Lipinski definition) is 1. The van der Waals surface area contributed by atoms with Gasteiger partial charge in [-0.15, -0.1) is 0 Å².